The third kappa shape index (κ3) is 4.03. The standard InChI is InChI=1S/C20H29N5O2/c1-24-8-10-25(11-9-24)20-22-16-13-18(27-3)17(26-2)12-15(16)19(23-20)21-7-6-14-4-5-14/h12-14H,4-11H2,1-3H3,(H,21,22,23). The van der Waals surface area contributed by atoms with Crippen molar-refractivity contribution in [1.29, 1.82) is 0 Å². The van der Waals surface area contributed by atoms with E-state index in [1.54, 1.807) is 14.2 Å². The molecule has 0 atom stereocenters. The Kier molecular flexibility index (Phi) is 5.20. The van der Waals surface area contributed by atoms with Crippen LogP contribution in [-0.4, -0.2) is 68.9 Å². The molecule has 146 valence electrons. The minimum Gasteiger partial charge on any atom is -0.493 e. The van der Waals surface area contributed by atoms with Gasteiger partial charge in [0.1, 0.15) is 5.82 Å². The number of ether oxygens (including phenoxy) is 2. The Morgan fingerprint density at radius 3 is 2.41 bits per heavy atom. The van der Waals surface area contributed by atoms with E-state index in [0.717, 1.165) is 61.3 Å². The van der Waals surface area contributed by atoms with E-state index in [1.165, 1.54) is 19.3 Å². The van der Waals surface area contributed by atoms with E-state index in [1.807, 2.05) is 12.1 Å². The monoisotopic (exact) mass is 371 g/mol. The highest BCUT2D eigenvalue weighted by atomic mass is 16.5. The van der Waals surface area contributed by atoms with Gasteiger partial charge in [-0.2, -0.15) is 4.98 Å². The Bertz CT molecular complexity index is 801. The van der Waals surface area contributed by atoms with Crippen molar-refractivity contribution in [1.82, 2.24) is 14.9 Å². The lowest BCUT2D eigenvalue weighted by Crippen LogP contribution is -2.45. The molecular formula is C20H29N5O2. The van der Waals surface area contributed by atoms with E-state index >= 15 is 0 Å². The average Bonchev–Trinajstić information content (AvgIpc) is 3.51. The molecule has 1 aliphatic carbocycles. The minimum atomic E-state index is 0.692. The molecule has 1 saturated carbocycles. The molecule has 0 amide bonds. The zero-order valence-corrected chi connectivity index (χ0v) is 16.5. The number of rotatable bonds is 7. The summed E-state index contributed by atoms with van der Waals surface area (Å²) in [6.07, 6.45) is 3.93. The van der Waals surface area contributed by atoms with Crippen molar-refractivity contribution < 1.29 is 9.47 Å². The van der Waals surface area contributed by atoms with Crippen LogP contribution in [0.5, 0.6) is 11.5 Å². The van der Waals surface area contributed by atoms with E-state index < -0.39 is 0 Å². The number of anilines is 2. The normalized spacial score (nSPS) is 18.0. The largest absolute Gasteiger partial charge is 0.493 e. The number of piperazine rings is 1. The third-order valence-electron chi connectivity index (χ3n) is 5.52. The molecule has 7 heteroatoms. The van der Waals surface area contributed by atoms with Gasteiger partial charge in [0.05, 0.1) is 19.7 Å². The van der Waals surface area contributed by atoms with Gasteiger partial charge in [0, 0.05) is 44.2 Å². The van der Waals surface area contributed by atoms with Gasteiger partial charge in [-0.05, 0) is 25.5 Å². The molecule has 0 spiro atoms. The van der Waals surface area contributed by atoms with Crippen LogP contribution in [0.3, 0.4) is 0 Å². The van der Waals surface area contributed by atoms with Gasteiger partial charge >= 0.3 is 0 Å². The van der Waals surface area contributed by atoms with Crippen molar-refractivity contribution in [3.63, 3.8) is 0 Å². The van der Waals surface area contributed by atoms with E-state index in [0.29, 0.717) is 11.5 Å². The van der Waals surface area contributed by atoms with Crippen LogP contribution in [0.4, 0.5) is 11.8 Å². The highest BCUT2D eigenvalue weighted by Gasteiger charge is 2.22. The molecular weight excluding hydrogens is 342 g/mol. The maximum atomic E-state index is 5.49. The van der Waals surface area contributed by atoms with Crippen LogP contribution < -0.4 is 19.7 Å². The smallest absolute Gasteiger partial charge is 0.227 e. The van der Waals surface area contributed by atoms with Crippen LogP contribution in [0.25, 0.3) is 10.9 Å². The van der Waals surface area contributed by atoms with Gasteiger partial charge < -0.3 is 24.6 Å². The topological polar surface area (TPSA) is 62.8 Å². The fourth-order valence-electron chi connectivity index (χ4n) is 3.53. The predicted octanol–water partition coefficient (Wildman–Crippen LogP) is 2.61. The summed E-state index contributed by atoms with van der Waals surface area (Å²) in [5.41, 5.74) is 0.880. The molecule has 1 N–H and O–H groups in total. The number of nitrogens with one attached hydrogen (secondary N) is 1. The lowest BCUT2D eigenvalue weighted by molar-refractivity contribution is 0.311. The minimum absolute atomic E-state index is 0.692. The Morgan fingerprint density at radius 2 is 1.74 bits per heavy atom. The Balaban J connectivity index is 1.69. The second-order valence-corrected chi connectivity index (χ2v) is 7.55. The molecule has 0 unspecified atom stereocenters. The fraction of sp³-hybridized carbons (Fsp3) is 0.600. The number of methoxy groups -OCH3 is 2. The van der Waals surface area contributed by atoms with E-state index in [-0.39, 0.29) is 0 Å². The predicted molar refractivity (Wildman–Crippen MR) is 108 cm³/mol. The third-order valence-corrected chi connectivity index (χ3v) is 5.52. The molecule has 0 radical (unpaired) electrons. The van der Waals surface area contributed by atoms with Crippen molar-refractivity contribution in [3.8, 4) is 11.5 Å². The summed E-state index contributed by atoms with van der Waals surface area (Å²) < 4.78 is 11.0. The molecule has 1 aromatic carbocycles. The summed E-state index contributed by atoms with van der Waals surface area (Å²) in [6, 6.07) is 3.92. The molecule has 2 heterocycles. The Labute approximate surface area is 160 Å². The van der Waals surface area contributed by atoms with Gasteiger partial charge in [0.25, 0.3) is 0 Å². The molecule has 1 aromatic heterocycles. The first-order valence-electron chi connectivity index (χ1n) is 9.79. The lowest BCUT2D eigenvalue weighted by atomic mass is 10.2. The van der Waals surface area contributed by atoms with Crippen molar-refractivity contribution in [3.05, 3.63) is 12.1 Å². The number of hydrogen-bond donors (Lipinski definition) is 1. The van der Waals surface area contributed by atoms with Crippen molar-refractivity contribution in [2.45, 2.75) is 19.3 Å². The van der Waals surface area contributed by atoms with Crippen molar-refractivity contribution in [2.75, 3.05) is 64.2 Å². The van der Waals surface area contributed by atoms with Crippen molar-refractivity contribution in [2.24, 2.45) is 5.92 Å². The van der Waals surface area contributed by atoms with Gasteiger partial charge in [-0.1, -0.05) is 12.8 Å². The summed E-state index contributed by atoms with van der Waals surface area (Å²) in [6.45, 7) is 4.87. The molecule has 7 nitrogen and oxygen atoms in total. The summed E-state index contributed by atoms with van der Waals surface area (Å²) >= 11 is 0. The van der Waals surface area contributed by atoms with Gasteiger partial charge in [-0.15, -0.1) is 0 Å². The first-order chi connectivity index (χ1) is 13.2. The molecule has 27 heavy (non-hydrogen) atoms. The highest BCUT2D eigenvalue weighted by molar-refractivity contribution is 5.92. The van der Waals surface area contributed by atoms with E-state index in [9.17, 15) is 0 Å². The summed E-state index contributed by atoms with van der Waals surface area (Å²) in [5, 5.41) is 4.52. The SMILES string of the molecule is COc1cc2nc(N3CCN(C)CC3)nc(NCCC3CC3)c2cc1OC. The van der Waals surface area contributed by atoms with Crippen molar-refractivity contribution >= 4 is 22.7 Å². The van der Waals surface area contributed by atoms with Crippen LogP contribution in [0.15, 0.2) is 12.1 Å². The quantitative estimate of drug-likeness (QED) is 0.803. The maximum Gasteiger partial charge on any atom is 0.227 e. The molecule has 1 saturated heterocycles. The summed E-state index contributed by atoms with van der Waals surface area (Å²) in [4.78, 5) is 14.3. The first kappa shape index (κ1) is 18.1. The van der Waals surface area contributed by atoms with Crippen LogP contribution in [0, 0.1) is 5.92 Å². The van der Waals surface area contributed by atoms with Crippen LogP contribution in [0.1, 0.15) is 19.3 Å². The maximum absolute atomic E-state index is 5.49. The van der Waals surface area contributed by atoms with Gasteiger partial charge in [0.15, 0.2) is 11.5 Å². The fourth-order valence-corrected chi connectivity index (χ4v) is 3.53. The molecule has 2 fully saturated rings. The number of benzene rings is 1. The van der Waals surface area contributed by atoms with Gasteiger partial charge in [0.2, 0.25) is 5.95 Å². The highest BCUT2D eigenvalue weighted by Crippen LogP contribution is 2.36. The van der Waals surface area contributed by atoms with Crippen LogP contribution >= 0.6 is 0 Å². The average molecular weight is 371 g/mol. The molecule has 1 aliphatic heterocycles. The van der Waals surface area contributed by atoms with Gasteiger partial charge in [-0.25, -0.2) is 4.98 Å². The number of hydrogen-bond acceptors (Lipinski definition) is 7. The first-order valence-corrected chi connectivity index (χ1v) is 9.79. The van der Waals surface area contributed by atoms with Crippen LogP contribution in [0.2, 0.25) is 0 Å². The zero-order valence-electron chi connectivity index (χ0n) is 16.5. The second kappa shape index (κ2) is 7.76. The molecule has 2 aromatic rings. The second-order valence-electron chi connectivity index (χ2n) is 7.55. The van der Waals surface area contributed by atoms with Gasteiger partial charge in [-0.3, -0.25) is 0 Å². The van der Waals surface area contributed by atoms with Crippen LogP contribution in [-0.2, 0) is 0 Å². The van der Waals surface area contributed by atoms with E-state index in [4.69, 9.17) is 19.4 Å². The Morgan fingerprint density at radius 1 is 1.04 bits per heavy atom. The summed E-state index contributed by atoms with van der Waals surface area (Å²) in [7, 11) is 5.46. The zero-order chi connectivity index (χ0) is 18.8. The number of aromatic nitrogens is 2. The molecule has 4 rings (SSSR count). The molecule has 0 bridgehead atoms. The summed E-state index contributed by atoms with van der Waals surface area (Å²) in [5.74, 6) is 3.95. The lowest BCUT2D eigenvalue weighted by Gasteiger charge is -2.32. The van der Waals surface area contributed by atoms with E-state index in [2.05, 4.69) is 22.2 Å². The number of nitrogens with zero attached hydrogens (tertiary/aromatic N) is 4. The Hall–Kier alpha value is -2.28. The number of likely N-dealkylation sites (N-methyl/N-ethyl adjacent to an activating group) is 1. The molecule has 2 aliphatic rings. The number of fused-ring (bicyclic) bond motifs is 1.